The lowest BCUT2D eigenvalue weighted by Gasteiger charge is -2.17. The minimum absolute atomic E-state index is 0.0869. The van der Waals surface area contributed by atoms with Crippen LogP contribution >= 0.6 is 0 Å². The predicted octanol–water partition coefficient (Wildman–Crippen LogP) is 3.73. The number of benzene rings is 2. The van der Waals surface area contributed by atoms with Crippen molar-refractivity contribution in [2.45, 2.75) is 33.2 Å². The summed E-state index contributed by atoms with van der Waals surface area (Å²) in [5, 5.41) is 2.90. The summed E-state index contributed by atoms with van der Waals surface area (Å²) in [6, 6.07) is 15.0. The SMILES string of the molecule is CC[C@@H](NC(=O)COC(=O)c1ccc(C)cc1)c1ccc(C)cc1. The Hall–Kier alpha value is -2.62. The Morgan fingerprint density at radius 2 is 1.50 bits per heavy atom. The quantitative estimate of drug-likeness (QED) is 0.823. The molecule has 126 valence electrons. The first-order valence-electron chi connectivity index (χ1n) is 8.09. The second-order valence-electron chi connectivity index (χ2n) is 5.88. The molecule has 0 unspecified atom stereocenters. The summed E-state index contributed by atoms with van der Waals surface area (Å²) in [5.41, 5.74) is 3.72. The normalized spacial score (nSPS) is 11.6. The third kappa shape index (κ3) is 4.95. The maximum atomic E-state index is 12.1. The molecule has 0 aliphatic carbocycles. The van der Waals surface area contributed by atoms with Crippen molar-refractivity contribution in [1.82, 2.24) is 5.32 Å². The topological polar surface area (TPSA) is 55.4 Å². The molecule has 24 heavy (non-hydrogen) atoms. The molecule has 1 amide bonds. The Morgan fingerprint density at radius 3 is 2.04 bits per heavy atom. The van der Waals surface area contributed by atoms with Crippen LogP contribution < -0.4 is 5.32 Å². The third-order valence-electron chi connectivity index (χ3n) is 3.84. The fraction of sp³-hybridized carbons (Fsp3) is 0.300. The van der Waals surface area contributed by atoms with E-state index < -0.39 is 5.97 Å². The fourth-order valence-corrected chi connectivity index (χ4v) is 2.36. The van der Waals surface area contributed by atoms with E-state index in [2.05, 4.69) is 5.32 Å². The van der Waals surface area contributed by atoms with Gasteiger partial charge in [-0.05, 0) is 38.0 Å². The molecule has 4 heteroatoms. The number of hydrogen-bond acceptors (Lipinski definition) is 3. The van der Waals surface area contributed by atoms with Gasteiger partial charge in [-0.25, -0.2) is 4.79 Å². The van der Waals surface area contributed by atoms with Crippen LogP contribution in [0.1, 0.15) is 46.4 Å². The third-order valence-corrected chi connectivity index (χ3v) is 3.84. The number of carbonyl (C=O) groups is 2. The van der Waals surface area contributed by atoms with Crippen LogP contribution in [-0.2, 0) is 9.53 Å². The predicted molar refractivity (Wildman–Crippen MR) is 93.8 cm³/mol. The molecule has 2 rings (SSSR count). The molecule has 0 heterocycles. The van der Waals surface area contributed by atoms with Crippen molar-refractivity contribution in [3.05, 3.63) is 70.8 Å². The Bertz CT molecular complexity index is 690. The van der Waals surface area contributed by atoms with Crippen LogP contribution in [0.25, 0.3) is 0 Å². The summed E-state index contributed by atoms with van der Waals surface area (Å²) in [5.74, 6) is -0.795. The number of aryl methyl sites for hydroxylation is 2. The number of amides is 1. The van der Waals surface area contributed by atoms with Crippen molar-refractivity contribution in [3.8, 4) is 0 Å². The molecule has 1 N–H and O–H groups in total. The molecule has 0 saturated heterocycles. The first-order chi connectivity index (χ1) is 11.5. The lowest BCUT2D eigenvalue weighted by molar-refractivity contribution is -0.125. The highest BCUT2D eigenvalue weighted by molar-refractivity contribution is 5.91. The van der Waals surface area contributed by atoms with E-state index in [-0.39, 0.29) is 18.6 Å². The zero-order chi connectivity index (χ0) is 17.5. The average Bonchev–Trinajstić information content (AvgIpc) is 2.59. The number of hydrogen-bond donors (Lipinski definition) is 1. The van der Waals surface area contributed by atoms with E-state index >= 15 is 0 Å². The second-order valence-corrected chi connectivity index (χ2v) is 5.88. The molecule has 2 aromatic rings. The van der Waals surface area contributed by atoms with Gasteiger partial charge in [0, 0.05) is 0 Å². The van der Waals surface area contributed by atoms with Crippen LogP contribution in [0.4, 0.5) is 0 Å². The Kier molecular flexibility index (Phi) is 6.13. The van der Waals surface area contributed by atoms with E-state index in [0.717, 1.165) is 17.5 Å². The van der Waals surface area contributed by atoms with Gasteiger partial charge < -0.3 is 10.1 Å². The van der Waals surface area contributed by atoms with E-state index in [1.54, 1.807) is 12.1 Å². The molecule has 0 radical (unpaired) electrons. The second kappa shape index (κ2) is 8.29. The van der Waals surface area contributed by atoms with Gasteiger partial charge in [-0.1, -0.05) is 54.4 Å². The number of carbonyl (C=O) groups excluding carboxylic acids is 2. The largest absolute Gasteiger partial charge is 0.452 e. The van der Waals surface area contributed by atoms with Crippen molar-refractivity contribution in [1.29, 1.82) is 0 Å². The average molecular weight is 325 g/mol. The van der Waals surface area contributed by atoms with E-state index in [1.807, 2.05) is 57.2 Å². The van der Waals surface area contributed by atoms with Crippen LogP contribution in [0.5, 0.6) is 0 Å². The summed E-state index contributed by atoms with van der Waals surface area (Å²) in [4.78, 5) is 24.0. The molecule has 1 atom stereocenters. The van der Waals surface area contributed by atoms with Gasteiger partial charge in [-0.3, -0.25) is 4.79 Å². The zero-order valence-electron chi connectivity index (χ0n) is 14.3. The first-order valence-corrected chi connectivity index (χ1v) is 8.09. The number of rotatable bonds is 6. The van der Waals surface area contributed by atoms with Crippen LogP contribution in [0.15, 0.2) is 48.5 Å². The summed E-state index contributed by atoms with van der Waals surface area (Å²) >= 11 is 0. The Morgan fingerprint density at radius 1 is 0.958 bits per heavy atom. The molecule has 0 bridgehead atoms. The maximum Gasteiger partial charge on any atom is 0.338 e. The number of nitrogens with one attached hydrogen (secondary N) is 1. The zero-order valence-corrected chi connectivity index (χ0v) is 14.3. The molecule has 0 spiro atoms. The fourth-order valence-electron chi connectivity index (χ4n) is 2.36. The van der Waals surface area contributed by atoms with E-state index in [1.165, 1.54) is 5.56 Å². The van der Waals surface area contributed by atoms with E-state index in [0.29, 0.717) is 5.56 Å². The lowest BCUT2D eigenvalue weighted by atomic mass is 10.0. The smallest absolute Gasteiger partial charge is 0.338 e. The van der Waals surface area contributed by atoms with Gasteiger partial charge in [0.05, 0.1) is 11.6 Å². The maximum absolute atomic E-state index is 12.1. The highest BCUT2D eigenvalue weighted by Gasteiger charge is 2.15. The summed E-state index contributed by atoms with van der Waals surface area (Å²) in [6.07, 6.45) is 0.765. The van der Waals surface area contributed by atoms with Gasteiger partial charge in [0.2, 0.25) is 0 Å². The van der Waals surface area contributed by atoms with Crippen LogP contribution in [-0.4, -0.2) is 18.5 Å². The van der Waals surface area contributed by atoms with Crippen LogP contribution in [0.2, 0.25) is 0 Å². The highest BCUT2D eigenvalue weighted by Crippen LogP contribution is 2.17. The first kappa shape index (κ1) is 17.7. The minimum Gasteiger partial charge on any atom is -0.452 e. The Balaban J connectivity index is 1.88. The van der Waals surface area contributed by atoms with E-state index in [4.69, 9.17) is 4.74 Å². The van der Waals surface area contributed by atoms with Crippen molar-refractivity contribution < 1.29 is 14.3 Å². The monoisotopic (exact) mass is 325 g/mol. The van der Waals surface area contributed by atoms with Gasteiger partial charge in [-0.2, -0.15) is 0 Å². The summed E-state index contributed by atoms with van der Waals surface area (Å²) in [6.45, 7) is 5.69. The van der Waals surface area contributed by atoms with Gasteiger partial charge in [0.15, 0.2) is 6.61 Å². The van der Waals surface area contributed by atoms with Crippen molar-refractivity contribution in [3.63, 3.8) is 0 Å². The van der Waals surface area contributed by atoms with Crippen molar-refractivity contribution in [2.75, 3.05) is 6.61 Å². The van der Waals surface area contributed by atoms with Gasteiger partial charge in [0.25, 0.3) is 5.91 Å². The summed E-state index contributed by atoms with van der Waals surface area (Å²) in [7, 11) is 0. The lowest BCUT2D eigenvalue weighted by Crippen LogP contribution is -2.32. The Labute approximate surface area is 142 Å². The molecule has 0 aliphatic heterocycles. The highest BCUT2D eigenvalue weighted by atomic mass is 16.5. The number of ether oxygens (including phenoxy) is 1. The molecule has 4 nitrogen and oxygen atoms in total. The standard InChI is InChI=1S/C20H23NO3/c1-4-18(16-9-5-14(2)6-10-16)21-19(22)13-24-20(23)17-11-7-15(3)8-12-17/h5-12,18H,4,13H2,1-3H3,(H,21,22)/t18-/m1/s1. The molecule has 0 fully saturated rings. The molecule has 0 aromatic heterocycles. The summed E-state index contributed by atoms with van der Waals surface area (Å²) < 4.78 is 5.08. The molecular weight excluding hydrogens is 302 g/mol. The van der Waals surface area contributed by atoms with Crippen LogP contribution in [0.3, 0.4) is 0 Å². The molecular formula is C20H23NO3. The van der Waals surface area contributed by atoms with Gasteiger partial charge in [-0.15, -0.1) is 0 Å². The molecule has 2 aromatic carbocycles. The molecule has 0 saturated carbocycles. The van der Waals surface area contributed by atoms with Crippen molar-refractivity contribution >= 4 is 11.9 Å². The van der Waals surface area contributed by atoms with Gasteiger partial charge >= 0.3 is 5.97 Å². The number of esters is 1. The van der Waals surface area contributed by atoms with Gasteiger partial charge in [0.1, 0.15) is 0 Å². The van der Waals surface area contributed by atoms with E-state index in [9.17, 15) is 9.59 Å². The molecule has 0 aliphatic rings. The van der Waals surface area contributed by atoms with Crippen molar-refractivity contribution in [2.24, 2.45) is 0 Å². The minimum atomic E-state index is -0.492. The van der Waals surface area contributed by atoms with Crippen LogP contribution in [0, 0.1) is 13.8 Å².